The number of anilines is 1. The van der Waals surface area contributed by atoms with Crippen molar-refractivity contribution >= 4 is 17.6 Å². The topological polar surface area (TPSA) is 89.2 Å². The van der Waals surface area contributed by atoms with Crippen LogP contribution < -0.4 is 16.4 Å². The second-order valence-corrected chi connectivity index (χ2v) is 4.32. The maximum absolute atomic E-state index is 13.2. The minimum Gasteiger partial charge on any atom is -0.365 e. The fraction of sp³-hybridized carbons (Fsp3) is 0.143. The molecule has 110 valence electrons. The molecular weight excluding hydrogens is 275 g/mol. The summed E-state index contributed by atoms with van der Waals surface area (Å²) in [5, 5.41) is 5.08. The summed E-state index contributed by atoms with van der Waals surface area (Å²) < 4.78 is 14.8. The number of hydrogen-bond donors (Lipinski definition) is 3. The van der Waals surface area contributed by atoms with Crippen LogP contribution in [0, 0.1) is 5.82 Å². The third-order valence-corrected chi connectivity index (χ3v) is 2.78. The highest BCUT2D eigenvalue weighted by atomic mass is 19.1. The summed E-state index contributed by atoms with van der Waals surface area (Å²) in [5.41, 5.74) is 6.21. The quantitative estimate of drug-likeness (QED) is 0.802. The molecule has 3 amide bonds. The van der Waals surface area contributed by atoms with Gasteiger partial charge in [0.15, 0.2) is 0 Å². The Morgan fingerprint density at radius 3 is 2.71 bits per heavy atom. The molecule has 0 aliphatic heterocycles. The Bertz CT molecular complexity index is 681. The van der Waals surface area contributed by atoms with E-state index in [4.69, 9.17) is 5.73 Å². The number of nitrogens with one attached hydrogen (secondary N) is 2. The van der Waals surface area contributed by atoms with Gasteiger partial charge < -0.3 is 20.9 Å². The molecule has 1 aromatic carbocycles. The first-order valence-corrected chi connectivity index (χ1v) is 6.34. The zero-order chi connectivity index (χ0) is 15.4. The first kappa shape index (κ1) is 14.6. The number of nitrogens with two attached hydrogens (primary N) is 1. The predicted molar refractivity (Wildman–Crippen MR) is 76.9 cm³/mol. The number of halogens is 1. The van der Waals surface area contributed by atoms with Gasteiger partial charge in [-0.3, -0.25) is 4.79 Å². The number of carbonyl (C=O) groups excluding carboxylic acids is 2. The van der Waals surface area contributed by atoms with Crippen molar-refractivity contribution in [2.45, 2.75) is 6.92 Å². The fourth-order valence-corrected chi connectivity index (χ4v) is 1.86. The van der Waals surface area contributed by atoms with Crippen LogP contribution in [0.5, 0.6) is 0 Å². The molecule has 0 saturated heterocycles. The van der Waals surface area contributed by atoms with Crippen LogP contribution in [-0.2, 0) is 0 Å². The molecule has 2 aromatic rings. The van der Waals surface area contributed by atoms with Gasteiger partial charge in [-0.15, -0.1) is 0 Å². The van der Waals surface area contributed by atoms with Gasteiger partial charge in [-0.25, -0.2) is 9.18 Å². The lowest BCUT2D eigenvalue weighted by atomic mass is 10.3. The van der Waals surface area contributed by atoms with E-state index in [2.05, 4.69) is 10.6 Å². The highest BCUT2D eigenvalue weighted by Gasteiger charge is 2.14. The molecule has 0 radical (unpaired) electrons. The van der Waals surface area contributed by atoms with E-state index in [9.17, 15) is 14.0 Å². The molecule has 0 unspecified atom stereocenters. The second-order valence-electron chi connectivity index (χ2n) is 4.32. The Morgan fingerprint density at radius 1 is 1.33 bits per heavy atom. The average molecular weight is 290 g/mol. The van der Waals surface area contributed by atoms with Crippen LogP contribution in [0.3, 0.4) is 0 Å². The number of benzene rings is 1. The van der Waals surface area contributed by atoms with Crippen LogP contribution in [0.2, 0.25) is 0 Å². The van der Waals surface area contributed by atoms with Crippen LogP contribution in [0.25, 0.3) is 5.69 Å². The third kappa shape index (κ3) is 3.38. The van der Waals surface area contributed by atoms with Gasteiger partial charge in [0.25, 0.3) is 5.91 Å². The molecular formula is C14H15FN4O2. The Balaban J connectivity index is 2.37. The number of amides is 3. The molecule has 1 heterocycles. The molecule has 0 saturated carbocycles. The number of primary amides is 1. The number of nitrogens with zero attached hydrogens (tertiary/aromatic N) is 1. The van der Waals surface area contributed by atoms with Crippen LogP contribution in [0.15, 0.2) is 36.7 Å². The Hall–Kier alpha value is -2.83. The van der Waals surface area contributed by atoms with E-state index in [0.717, 1.165) is 0 Å². The van der Waals surface area contributed by atoms with E-state index >= 15 is 0 Å². The first-order valence-electron chi connectivity index (χ1n) is 6.34. The largest absolute Gasteiger partial charge is 0.365 e. The maximum Gasteiger partial charge on any atom is 0.319 e. The minimum atomic E-state index is -0.683. The molecule has 21 heavy (non-hydrogen) atoms. The van der Waals surface area contributed by atoms with Crippen molar-refractivity contribution in [3.05, 3.63) is 48.0 Å². The Labute approximate surface area is 120 Å². The van der Waals surface area contributed by atoms with Crippen LogP contribution in [0.1, 0.15) is 17.3 Å². The Kier molecular flexibility index (Phi) is 4.22. The zero-order valence-corrected chi connectivity index (χ0v) is 11.4. The smallest absolute Gasteiger partial charge is 0.319 e. The van der Waals surface area contributed by atoms with E-state index < -0.39 is 17.8 Å². The number of aromatic nitrogens is 1. The van der Waals surface area contributed by atoms with Gasteiger partial charge in [0, 0.05) is 24.6 Å². The van der Waals surface area contributed by atoms with E-state index in [1.165, 1.54) is 29.1 Å². The van der Waals surface area contributed by atoms with Gasteiger partial charge >= 0.3 is 6.03 Å². The zero-order valence-electron chi connectivity index (χ0n) is 11.4. The molecule has 7 heteroatoms. The summed E-state index contributed by atoms with van der Waals surface area (Å²) in [6.07, 6.45) is 2.95. The maximum atomic E-state index is 13.2. The summed E-state index contributed by atoms with van der Waals surface area (Å²) in [4.78, 5) is 23.0. The molecule has 0 spiro atoms. The third-order valence-electron chi connectivity index (χ3n) is 2.78. The molecule has 4 N–H and O–H groups in total. The number of rotatable bonds is 4. The lowest BCUT2D eigenvalue weighted by Crippen LogP contribution is -2.29. The van der Waals surface area contributed by atoms with E-state index in [0.29, 0.717) is 12.2 Å². The van der Waals surface area contributed by atoms with Crippen LogP contribution >= 0.6 is 0 Å². The van der Waals surface area contributed by atoms with Crippen molar-refractivity contribution in [3.8, 4) is 5.69 Å². The van der Waals surface area contributed by atoms with Gasteiger partial charge in [0.05, 0.1) is 11.3 Å². The molecule has 0 aliphatic carbocycles. The second kappa shape index (κ2) is 6.08. The molecule has 0 atom stereocenters. The predicted octanol–water partition coefficient (Wildman–Crippen LogP) is 1.86. The molecule has 1 aromatic heterocycles. The molecule has 0 fully saturated rings. The normalized spacial score (nSPS) is 10.2. The van der Waals surface area contributed by atoms with E-state index in [-0.39, 0.29) is 11.3 Å². The van der Waals surface area contributed by atoms with Gasteiger partial charge in [0.2, 0.25) is 0 Å². The fourth-order valence-electron chi connectivity index (χ4n) is 1.86. The average Bonchev–Trinajstić information content (AvgIpc) is 2.83. The lowest BCUT2D eigenvalue weighted by molar-refractivity contribution is 0.100. The molecule has 6 nitrogen and oxygen atoms in total. The lowest BCUT2D eigenvalue weighted by Gasteiger charge is -2.05. The minimum absolute atomic E-state index is 0.144. The molecule has 0 bridgehead atoms. The van der Waals surface area contributed by atoms with Gasteiger partial charge in [0.1, 0.15) is 5.82 Å². The van der Waals surface area contributed by atoms with Gasteiger partial charge in [-0.05, 0) is 25.1 Å². The van der Waals surface area contributed by atoms with Gasteiger partial charge in [-0.2, -0.15) is 0 Å². The number of carbonyl (C=O) groups is 2. The SMILES string of the molecule is CCNC(=O)Nc1cn(-c2cccc(F)c2)cc1C(N)=O. The van der Waals surface area contributed by atoms with E-state index in [1.54, 1.807) is 19.1 Å². The Morgan fingerprint density at radius 2 is 2.10 bits per heavy atom. The standard InChI is InChI=1S/C14H15FN4O2/c1-2-17-14(21)18-12-8-19(7-11(12)13(16)20)10-5-3-4-9(15)6-10/h3-8H,2H2,1H3,(H2,16,20)(H2,17,18,21). The van der Waals surface area contributed by atoms with E-state index in [1.807, 2.05) is 0 Å². The van der Waals surface area contributed by atoms with Crippen molar-refractivity contribution in [1.29, 1.82) is 0 Å². The summed E-state index contributed by atoms with van der Waals surface area (Å²) >= 11 is 0. The van der Waals surface area contributed by atoms with Crippen molar-refractivity contribution in [2.75, 3.05) is 11.9 Å². The number of urea groups is 1. The summed E-state index contributed by atoms with van der Waals surface area (Å²) in [5.74, 6) is -1.09. The van der Waals surface area contributed by atoms with Crippen LogP contribution in [-0.4, -0.2) is 23.1 Å². The first-order chi connectivity index (χ1) is 10.0. The summed E-state index contributed by atoms with van der Waals surface area (Å²) in [6.45, 7) is 2.22. The van der Waals surface area contributed by atoms with Crippen molar-refractivity contribution in [2.24, 2.45) is 5.73 Å². The number of hydrogen-bond acceptors (Lipinski definition) is 2. The van der Waals surface area contributed by atoms with Crippen molar-refractivity contribution in [3.63, 3.8) is 0 Å². The van der Waals surface area contributed by atoms with Gasteiger partial charge in [-0.1, -0.05) is 6.07 Å². The highest BCUT2D eigenvalue weighted by Crippen LogP contribution is 2.20. The summed E-state index contributed by atoms with van der Waals surface area (Å²) in [7, 11) is 0. The monoisotopic (exact) mass is 290 g/mol. The molecule has 0 aliphatic rings. The summed E-state index contributed by atoms with van der Waals surface area (Å²) in [6, 6.07) is 5.39. The highest BCUT2D eigenvalue weighted by molar-refractivity contribution is 6.02. The van der Waals surface area contributed by atoms with Crippen molar-refractivity contribution < 1.29 is 14.0 Å². The molecule has 2 rings (SSSR count). The van der Waals surface area contributed by atoms with Crippen molar-refractivity contribution in [1.82, 2.24) is 9.88 Å². The van der Waals surface area contributed by atoms with Crippen LogP contribution in [0.4, 0.5) is 14.9 Å².